The maximum Gasteiger partial charge on any atom is 0.412 e. The molecule has 0 aromatic heterocycles. The third-order valence-corrected chi connectivity index (χ3v) is 2.48. The first-order chi connectivity index (χ1) is 9.31. The van der Waals surface area contributed by atoms with Gasteiger partial charge in [0.15, 0.2) is 0 Å². The van der Waals surface area contributed by atoms with Crippen LogP contribution in [0.25, 0.3) is 0 Å². The van der Waals surface area contributed by atoms with E-state index in [-0.39, 0.29) is 0 Å². The van der Waals surface area contributed by atoms with Gasteiger partial charge in [0.1, 0.15) is 5.60 Å². The first-order valence-corrected chi connectivity index (χ1v) is 7.12. The molecule has 0 aliphatic rings. The zero-order valence-electron chi connectivity index (χ0n) is 13.5. The van der Waals surface area contributed by atoms with Gasteiger partial charge in [-0.1, -0.05) is 32.9 Å². The summed E-state index contributed by atoms with van der Waals surface area (Å²) in [5, 5.41) is 2.69. The Labute approximate surface area is 122 Å². The summed E-state index contributed by atoms with van der Waals surface area (Å²) in [7, 11) is 0. The Morgan fingerprint density at radius 2 is 1.75 bits per heavy atom. The molecule has 1 atom stereocenters. The van der Waals surface area contributed by atoms with Gasteiger partial charge in [-0.15, -0.1) is 0 Å². The molecule has 1 aromatic carbocycles. The van der Waals surface area contributed by atoms with Crippen LogP contribution in [0.4, 0.5) is 10.5 Å². The third-order valence-electron chi connectivity index (χ3n) is 2.48. The van der Waals surface area contributed by atoms with E-state index < -0.39 is 11.7 Å². The predicted molar refractivity (Wildman–Crippen MR) is 85.1 cm³/mol. The largest absolute Gasteiger partial charge is 0.444 e. The Bertz CT molecular complexity index is 394. The highest BCUT2D eigenvalue weighted by Crippen LogP contribution is 2.17. The van der Waals surface area contributed by atoms with Gasteiger partial charge < -0.3 is 10.5 Å². The average Bonchev–Trinajstić information content (AvgIpc) is 2.39. The Morgan fingerprint density at radius 1 is 1.25 bits per heavy atom. The molecule has 1 amide bonds. The standard InChI is InChI=1S/C14H22N2O2.C2H6/c1-10(9-15)11-5-7-12(8-6-11)16-13(17)18-14(2,3)4;1-2/h5-8,10H,9,15H2,1-4H3,(H,16,17);1-2H3. The topological polar surface area (TPSA) is 64.3 Å². The van der Waals surface area contributed by atoms with Gasteiger partial charge in [0.05, 0.1) is 0 Å². The molecule has 114 valence electrons. The number of rotatable bonds is 3. The van der Waals surface area contributed by atoms with Crippen molar-refractivity contribution in [1.82, 2.24) is 0 Å². The number of ether oxygens (including phenoxy) is 1. The van der Waals surface area contributed by atoms with Crippen LogP contribution in [-0.2, 0) is 4.74 Å². The fraction of sp³-hybridized carbons (Fsp3) is 0.562. The monoisotopic (exact) mass is 280 g/mol. The lowest BCUT2D eigenvalue weighted by molar-refractivity contribution is 0.0636. The fourth-order valence-electron chi connectivity index (χ4n) is 1.45. The molecule has 4 nitrogen and oxygen atoms in total. The summed E-state index contributed by atoms with van der Waals surface area (Å²) < 4.78 is 5.17. The van der Waals surface area contributed by atoms with E-state index in [1.807, 2.05) is 58.9 Å². The molecule has 0 saturated heterocycles. The summed E-state index contributed by atoms with van der Waals surface area (Å²) in [5.74, 6) is 0.320. The molecular formula is C16H28N2O2. The van der Waals surface area contributed by atoms with Crippen molar-refractivity contribution in [1.29, 1.82) is 0 Å². The van der Waals surface area contributed by atoms with Gasteiger partial charge in [-0.25, -0.2) is 4.79 Å². The molecule has 1 rings (SSSR count). The normalized spacial score (nSPS) is 11.9. The first-order valence-electron chi connectivity index (χ1n) is 7.12. The Morgan fingerprint density at radius 3 is 2.15 bits per heavy atom. The zero-order chi connectivity index (χ0) is 15.8. The quantitative estimate of drug-likeness (QED) is 0.875. The van der Waals surface area contributed by atoms with Crippen molar-refractivity contribution < 1.29 is 9.53 Å². The molecule has 0 radical (unpaired) electrons. The Hall–Kier alpha value is -1.55. The summed E-state index contributed by atoms with van der Waals surface area (Å²) in [4.78, 5) is 11.5. The molecule has 0 heterocycles. The van der Waals surface area contributed by atoms with Crippen LogP contribution in [0.5, 0.6) is 0 Å². The van der Waals surface area contributed by atoms with Crippen molar-refractivity contribution in [3.05, 3.63) is 29.8 Å². The third kappa shape index (κ3) is 7.14. The molecule has 20 heavy (non-hydrogen) atoms. The minimum atomic E-state index is -0.488. The van der Waals surface area contributed by atoms with Crippen molar-refractivity contribution in [2.24, 2.45) is 5.73 Å². The lowest BCUT2D eigenvalue weighted by atomic mass is 10.0. The van der Waals surface area contributed by atoms with E-state index in [1.54, 1.807) is 0 Å². The first kappa shape index (κ1) is 18.4. The van der Waals surface area contributed by atoms with Crippen LogP contribution in [0.2, 0.25) is 0 Å². The van der Waals surface area contributed by atoms with Crippen LogP contribution in [0, 0.1) is 0 Å². The van der Waals surface area contributed by atoms with Crippen molar-refractivity contribution >= 4 is 11.8 Å². The number of benzene rings is 1. The molecule has 0 fully saturated rings. The van der Waals surface area contributed by atoms with Crippen LogP contribution < -0.4 is 11.1 Å². The molecule has 0 saturated carbocycles. The van der Waals surface area contributed by atoms with Gasteiger partial charge in [-0.3, -0.25) is 5.32 Å². The van der Waals surface area contributed by atoms with Crippen molar-refractivity contribution in [3.63, 3.8) is 0 Å². The highest BCUT2D eigenvalue weighted by molar-refractivity contribution is 5.84. The number of nitrogens with two attached hydrogens (primary N) is 1. The molecule has 4 heteroatoms. The maximum absolute atomic E-state index is 11.5. The summed E-state index contributed by atoms with van der Waals surface area (Å²) in [6.45, 7) is 12.2. The van der Waals surface area contributed by atoms with Crippen LogP contribution >= 0.6 is 0 Å². The average molecular weight is 280 g/mol. The molecular weight excluding hydrogens is 252 g/mol. The van der Waals surface area contributed by atoms with Gasteiger partial charge in [-0.05, 0) is 50.9 Å². The number of anilines is 1. The second kappa shape index (κ2) is 8.59. The fourth-order valence-corrected chi connectivity index (χ4v) is 1.45. The second-order valence-electron chi connectivity index (χ2n) is 5.39. The molecule has 0 aliphatic carbocycles. The smallest absolute Gasteiger partial charge is 0.412 e. The van der Waals surface area contributed by atoms with Gasteiger partial charge in [0, 0.05) is 5.69 Å². The summed E-state index contributed by atoms with van der Waals surface area (Å²) >= 11 is 0. The summed E-state index contributed by atoms with van der Waals surface area (Å²) in [5.41, 5.74) is 6.99. The minimum Gasteiger partial charge on any atom is -0.444 e. The van der Waals surface area contributed by atoms with Crippen LogP contribution in [-0.4, -0.2) is 18.2 Å². The van der Waals surface area contributed by atoms with Gasteiger partial charge in [0.25, 0.3) is 0 Å². The zero-order valence-corrected chi connectivity index (χ0v) is 13.5. The van der Waals surface area contributed by atoms with E-state index >= 15 is 0 Å². The van der Waals surface area contributed by atoms with Gasteiger partial charge in [0.2, 0.25) is 0 Å². The van der Waals surface area contributed by atoms with E-state index in [2.05, 4.69) is 12.2 Å². The van der Waals surface area contributed by atoms with Crippen LogP contribution in [0.3, 0.4) is 0 Å². The molecule has 1 unspecified atom stereocenters. The molecule has 0 bridgehead atoms. The van der Waals surface area contributed by atoms with Crippen molar-refractivity contribution in [2.75, 3.05) is 11.9 Å². The maximum atomic E-state index is 11.5. The van der Waals surface area contributed by atoms with Crippen LogP contribution in [0.1, 0.15) is 53.0 Å². The molecule has 3 N–H and O–H groups in total. The second-order valence-corrected chi connectivity index (χ2v) is 5.39. The number of hydrogen-bond donors (Lipinski definition) is 2. The number of hydrogen-bond acceptors (Lipinski definition) is 3. The number of nitrogens with one attached hydrogen (secondary N) is 1. The lowest BCUT2D eigenvalue weighted by Gasteiger charge is -2.19. The summed E-state index contributed by atoms with van der Waals surface area (Å²) in [6.07, 6.45) is -0.442. The van der Waals surface area contributed by atoms with Gasteiger partial charge >= 0.3 is 6.09 Å². The Kier molecular flexibility index (Phi) is 7.92. The number of amides is 1. The van der Waals surface area contributed by atoms with E-state index in [0.29, 0.717) is 12.5 Å². The Balaban J connectivity index is 0.00000172. The minimum absolute atomic E-state index is 0.320. The molecule has 1 aromatic rings. The summed E-state index contributed by atoms with van der Waals surface area (Å²) in [6, 6.07) is 7.63. The predicted octanol–water partition coefficient (Wildman–Crippen LogP) is 4.12. The van der Waals surface area contributed by atoms with Crippen molar-refractivity contribution in [3.8, 4) is 0 Å². The van der Waals surface area contributed by atoms with Crippen molar-refractivity contribution in [2.45, 2.75) is 53.1 Å². The van der Waals surface area contributed by atoms with E-state index in [1.165, 1.54) is 0 Å². The SMILES string of the molecule is CC.CC(CN)c1ccc(NC(=O)OC(C)(C)C)cc1. The lowest BCUT2D eigenvalue weighted by Crippen LogP contribution is -2.27. The van der Waals surface area contributed by atoms with Crippen LogP contribution in [0.15, 0.2) is 24.3 Å². The molecule has 0 aliphatic heterocycles. The van der Waals surface area contributed by atoms with E-state index in [0.717, 1.165) is 11.3 Å². The number of carbonyl (C=O) groups is 1. The van der Waals surface area contributed by atoms with E-state index in [9.17, 15) is 4.79 Å². The number of carbonyl (C=O) groups excluding carboxylic acids is 1. The van der Waals surface area contributed by atoms with E-state index in [4.69, 9.17) is 10.5 Å². The highest BCUT2D eigenvalue weighted by Gasteiger charge is 2.16. The molecule has 0 spiro atoms. The highest BCUT2D eigenvalue weighted by atomic mass is 16.6. The van der Waals surface area contributed by atoms with Gasteiger partial charge in [-0.2, -0.15) is 0 Å².